The molecule has 1 heterocycles. The van der Waals surface area contributed by atoms with E-state index in [4.69, 9.17) is 0 Å². The van der Waals surface area contributed by atoms with Crippen molar-refractivity contribution in [1.82, 2.24) is 4.90 Å². The maximum atomic E-state index is 10.4. The largest absolute Gasteiger partial charge is 0.387 e. The molecule has 1 aromatic carbocycles. The van der Waals surface area contributed by atoms with Gasteiger partial charge in [0.25, 0.3) is 0 Å². The molecule has 0 amide bonds. The fourth-order valence-corrected chi connectivity index (χ4v) is 3.12. The van der Waals surface area contributed by atoms with Gasteiger partial charge >= 0.3 is 0 Å². The average Bonchev–Trinajstić information content (AvgIpc) is 3.17. The van der Waals surface area contributed by atoms with Gasteiger partial charge in [-0.05, 0) is 29.9 Å². The Morgan fingerprint density at radius 2 is 1.95 bits per heavy atom. The minimum atomic E-state index is -0.387. The highest BCUT2D eigenvalue weighted by Gasteiger charge is 2.30. The van der Waals surface area contributed by atoms with Gasteiger partial charge in [0, 0.05) is 24.0 Å². The summed E-state index contributed by atoms with van der Waals surface area (Å²) in [6.07, 6.45) is 2.15. The molecule has 19 heavy (non-hydrogen) atoms. The quantitative estimate of drug-likeness (QED) is 0.871. The molecule has 1 aliphatic rings. The van der Waals surface area contributed by atoms with Gasteiger partial charge in [-0.3, -0.25) is 4.90 Å². The topological polar surface area (TPSA) is 23.5 Å². The van der Waals surface area contributed by atoms with Gasteiger partial charge in [0.05, 0.1) is 6.10 Å². The molecule has 0 spiro atoms. The molecular formula is C16H19NOS. The Morgan fingerprint density at radius 1 is 1.16 bits per heavy atom. The lowest BCUT2D eigenvalue weighted by Crippen LogP contribution is -2.30. The molecule has 1 saturated carbocycles. The van der Waals surface area contributed by atoms with Crippen LogP contribution in [0.25, 0.3) is 0 Å². The lowest BCUT2D eigenvalue weighted by atomic mass is 10.1. The summed E-state index contributed by atoms with van der Waals surface area (Å²) in [5.74, 6) is 0. The van der Waals surface area contributed by atoms with Gasteiger partial charge in [-0.1, -0.05) is 36.4 Å². The second kappa shape index (κ2) is 5.87. The standard InChI is InChI=1S/C16H19NOS/c18-16(13-5-2-1-3-6-13)12-17(14-8-9-14)11-15-7-4-10-19-15/h1-7,10,14,16,18H,8-9,11-12H2. The Balaban J connectivity index is 1.65. The van der Waals surface area contributed by atoms with E-state index in [2.05, 4.69) is 22.4 Å². The molecule has 0 bridgehead atoms. The Kier molecular flexibility index (Phi) is 3.97. The Morgan fingerprint density at radius 3 is 2.58 bits per heavy atom. The first-order valence-corrected chi connectivity index (χ1v) is 7.70. The van der Waals surface area contributed by atoms with Gasteiger partial charge in [0.1, 0.15) is 0 Å². The maximum Gasteiger partial charge on any atom is 0.0917 e. The molecule has 2 nitrogen and oxygen atoms in total. The number of rotatable bonds is 6. The molecule has 2 aromatic rings. The second-order valence-electron chi connectivity index (χ2n) is 5.17. The fraction of sp³-hybridized carbons (Fsp3) is 0.375. The predicted octanol–water partition coefficient (Wildman–Crippen LogP) is 3.45. The highest BCUT2D eigenvalue weighted by Crippen LogP contribution is 2.30. The van der Waals surface area contributed by atoms with Gasteiger partial charge < -0.3 is 5.11 Å². The van der Waals surface area contributed by atoms with Crippen LogP contribution in [-0.2, 0) is 6.54 Å². The van der Waals surface area contributed by atoms with E-state index in [1.807, 2.05) is 30.3 Å². The first-order valence-electron chi connectivity index (χ1n) is 6.82. The molecule has 1 atom stereocenters. The average molecular weight is 273 g/mol. The van der Waals surface area contributed by atoms with E-state index in [0.717, 1.165) is 18.7 Å². The number of nitrogens with zero attached hydrogens (tertiary/aromatic N) is 1. The first kappa shape index (κ1) is 12.9. The molecule has 3 rings (SSSR count). The molecule has 1 unspecified atom stereocenters. The van der Waals surface area contributed by atoms with Crippen LogP contribution in [0, 0.1) is 0 Å². The molecule has 0 saturated heterocycles. The van der Waals surface area contributed by atoms with E-state index in [9.17, 15) is 5.11 Å². The van der Waals surface area contributed by atoms with Crippen molar-refractivity contribution >= 4 is 11.3 Å². The third-order valence-corrected chi connectivity index (χ3v) is 4.46. The van der Waals surface area contributed by atoms with E-state index in [0.29, 0.717) is 6.04 Å². The van der Waals surface area contributed by atoms with Crippen molar-refractivity contribution in [1.29, 1.82) is 0 Å². The van der Waals surface area contributed by atoms with Crippen LogP contribution in [0.3, 0.4) is 0 Å². The summed E-state index contributed by atoms with van der Waals surface area (Å²) in [4.78, 5) is 3.80. The van der Waals surface area contributed by atoms with E-state index in [-0.39, 0.29) is 6.10 Å². The zero-order valence-electron chi connectivity index (χ0n) is 10.9. The van der Waals surface area contributed by atoms with Crippen LogP contribution in [0.4, 0.5) is 0 Å². The highest BCUT2D eigenvalue weighted by molar-refractivity contribution is 7.09. The van der Waals surface area contributed by atoms with Crippen LogP contribution >= 0.6 is 11.3 Å². The number of hydrogen-bond acceptors (Lipinski definition) is 3. The summed E-state index contributed by atoms with van der Waals surface area (Å²) >= 11 is 1.80. The molecule has 1 fully saturated rings. The normalized spacial score (nSPS) is 16.7. The van der Waals surface area contributed by atoms with Gasteiger partial charge in [-0.2, -0.15) is 0 Å². The van der Waals surface area contributed by atoms with Gasteiger partial charge in [-0.25, -0.2) is 0 Å². The van der Waals surface area contributed by atoms with Crippen LogP contribution in [0.2, 0.25) is 0 Å². The van der Waals surface area contributed by atoms with Crippen molar-refractivity contribution in [3.8, 4) is 0 Å². The monoisotopic (exact) mass is 273 g/mol. The van der Waals surface area contributed by atoms with Crippen molar-refractivity contribution < 1.29 is 5.11 Å². The number of aliphatic hydroxyl groups is 1. The predicted molar refractivity (Wildman–Crippen MR) is 79.2 cm³/mol. The van der Waals surface area contributed by atoms with E-state index in [1.54, 1.807) is 11.3 Å². The lowest BCUT2D eigenvalue weighted by Gasteiger charge is -2.24. The van der Waals surface area contributed by atoms with Crippen molar-refractivity contribution in [2.45, 2.75) is 31.5 Å². The van der Waals surface area contributed by atoms with Gasteiger partial charge in [0.15, 0.2) is 0 Å². The van der Waals surface area contributed by atoms with Gasteiger partial charge in [0.2, 0.25) is 0 Å². The number of hydrogen-bond donors (Lipinski definition) is 1. The zero-order valence-corrected chi connectivity index (χ0v) is 11.7. The van der Waals surface area contributed by atoms with Crippen LogP contribution in [0.15, 0.2) is 47.8 Å². The summed E-state index contributed by atoms with van der Waals surface area (Å²) in [7, 11) is 0. The number of benzene rings is 1. The van der Waals surface area contributed by atoms with Crippen molar-refractivity contribution in [2.24, 2.45) is 0 Å². The summed E-state index contributed by atoms with van der Waals surface area (Å²) < 4.78 is 0. The SMILES string of the molecule is OC(CN(Cc1cccs1)C1CC1)c1ccccc1. The van der Waals surface area contributed by atoms with E-state index in [1.165, 1.54) is 17.7 Å². The lowest BCUT2D eigenvalue weighted by molar-refractivity contribution is 0.105. The molecule has 1 aromatic heterocycles. The van der Waals surface area contributed by atoms with E-state index < -0.39 is 0 Å². The van der Waals surface area contributed by atoms with Crippen LogP contribution in [0.1, 0.15) is 29.4 Å². The fourth-order valence-electron chi connectivity index (χ4n) is 2.39. The van der Waals surface area contributed by atoms with Crippen LogP contribution in [-0.4, -0.2) is 22.6 Å². The van der Waals surface area contributed by atoms with Crippen molar-refractivity contribution in [2.75, 3.05) is 6.54 Å². The van der Waals surface area contributed by atoms with Crippen LogP contribution < -0.4 is 0 Å². The summed E-state index contributed by atoms with van der Waals surface area (Å²) in [6, 6.07) is 14.9. The van der Waals surface area contributed by atoms with Crippen molar-refractivity contribution in [3.05, 3.63) is 58.3 Å². The number of thiophene rings is 1. The molecule has 0 radical (unpaired) electrons. The third kappa shape index (κ3) is 3.44. The summed E-state index contributed by atoms with van der Waals surface area (Å²) in [5, 5.41) is 12.5. The zero-order chi connectivity index (χ0) is 13.1. The minimum Gasteiger partial charge on any atom is -0.387 e. The highest BCUT2D eigenvalue weighted by atomic mass is 32.1. The second-order valence-corrected chi connectivity index (χ2v) is 6.20. The smallest absolute Gasteiger partial charge is 0.0917 e. The maximum absolute atomic E-state index is 10.4. The Labute approximate surface area is 118 Å². The first-order chi connectivity index (χ1) is 9.33. The Hall–Kier alpha value is -1.16. The molecule has 1 N–H and O–H groups in total. The minimum absolute atomic E-state index is 0.387. The van der Waals surface area contributed by atoms with Crippen molar-refractivity contribution in [3.63, 3.8) is 0 Å². The third-order valence-electron chi connectivity index (χ3n) is 3.59. The molecular weight excluding hydrogens is 254 g/mol. The van der Waals surface area contributed by atoms with Gasteiger partial charge in [-0.15, -0.1) is 11.3 Å². The molecule has 100 valence electrons. The summed E-state index contributed by atoms with van der Waals surface area (Å²) in [6.45, 7) is 1.69. The van der Waals surface area contributed by atoms with Crippen LogP contribution in [0.5, 0.6) is 0 Å². The Bertz CT molecular complexity index is 493. The summed E-state index contributed by atoms with van der Waals surface area (Å²) in [5.41, 5.74) is 1.01. The molecule has 1 aliphatic carbocycles. The molecule has 0 aliphatic heterocycles. The number of aliphatic hydroxyl groups excluding tert-OH is 1. The van der Waals surface area contributed by atoms with E-state index >= 15 is 0 Å². The molecule has 3 heteroatoms.